The van der Waals surface area contributed by atoms with Gasteiger partial charge in [0, 0.05) is 12.8 Å². The number of carbonyl (C=O) groups excluding carboxylic acids is 2. The standard InChI is InChI=1S/C13H20O4/c1-3-16-12(9-14)13(17-10(2)15)11-7-5-4-6-8-11/h11,13H,3-8H2,1-2H3. The molecule has 1 aliphatic carbocycles. The van der Waals surface area contributed by atoms with Crippen LogP contribution in [0.1, 0.15) is 46.0 Å². The molecule has 96 valence electrons. The number of rotatable bonds is 5. The highest BCUT2D eigenvalue weighted by molar-refractivity contribution is 5.67. The van der Waals surface area contributed by atoms with Crippen molar-refractivity contribution in [3.8, 4) is 0 Å². The Balaban J connectivity index is 2.77. The Kier molecular flexibility index (Phi) is 5.78. The van der Waals surface area contributed by atoms with E-state index in [1.54, 1.807) is 12.9 Å². The summed E-state index contributed by atoms with van der Waals surface area (Å²) in [6.45, 7) is 3.53. The van der Waals surface area contributed by atoms with Gasteiger partial charge in [0.1, 0.15) is 0 Å². The molecule has 0 aromatic rings. The minimum Gasteiger partial charge on any atom is -0.484 e. The zero-order valence-corrected chi connectivity index (χ0v) is 10.5. The summed E-state index contributed by atoms with van der Waals surface area (Å²) in [5.41, 5.74) is 0. The minimum atomic E-state index is -0.551. The van der Waals surface area contributed by atoms with Gasteiger partial charge in [0.2, 0.25) is 5.76 Å². The van der Waals surface area contributed by atoms with Crippen molar-refractivity contribution in [2.45, 2.75) is 52.1 Å². The van der Waals surface area contributed by atoms with Gasteiger partial charge in [-0.1, -0.05) is 19.3 Å². The topological polar surface area (TPSA) is 52.6 Å². The van der Waals surface area contributed by atoms with Crippen LogP contribution in [-0.2, 0) is 19.1 Å². The Labute approximate surface area is 102 Å². The SMILES string of the molecule is CCOC(=C=O)C(OC(C)=O)C1CCCCC1. The van der Waals surface area contributed by atoms with Crippen LogP contribution in [0.2, 0.25) is 0 Å². The van der Waals surface area contributed by atoms with E-state index in [0.717, 1.165) is 25.7 Å². The van der Waals surface area contributed by atoms with Gasteiger partial charge in [0.25, 0.3) is 0 Å². The van der Waals surface area contributed by atoms with E-state index >= 15 is 0 Å². The van der Waals surface area contributed by atoms with E-state index in [1.807, 2.05) is 0 Å². The quantitative estimate of drug-likeness (QED) is 0.420. The zero-order valence-electron chi connectivity index (χ0n) is 10.5. The van der Waals surface area contributed by atoms with Gasteiger partial charge in [-0.05, 0) is 19.8 Å². The normalized spacial score (nSPS) is 18.0. The first kappa shape index (κ1) is 13.8. The second-order valence-electron chi connectivity index (χ2n) is 4.33. The number of esters is 1. The third kappa shape index (κ3) is 4.23. The van der Waals surface area contributed by atoms with Crippen molar-refractivity contribution in [2.24, 2.45) is 5.92 Å². The molecular weight excluding hydrogens is 220 g/mol. The van der Waals surface area contributed by atoms with Crippen LogP contribution in [0.3, 0.4) is 0 Å². The van der Waals surface area contributed by atoms with Crippen LogP contribution < -0.4 is 0 Å². The second-order valence-corrected chi connectivity index (χ2v) is 4.33. The summed E-state index contributed by atoms with van der Waals surface area (Å²) in [5.74, 6) is 1.72. The third-order valence-electron chi connectivity index (χ3n) is 3.03. The fourth-order valence-electron chi connectivity index (χ4n) is 2.30. The first-order valence-electron chi connectivity index (χ1n) is 6.24. The molecule has 0 heterocycles. The molecule has 1 aliphatic rings. The Morgan fingerprint density at radius 1 is 1.35 bits per heavy atom. The highest BCUT2D eigenvalue weighted by Gasteiger charge is 2.31. The van der Waals surface area contributed by atoms with Crippen LogP contribution in [0.4, 0.5) is 0 Å². The van der Waals surface area contributed by atoms with Gasteiger partial charge >= 0.3 is 5.97 Å². The van der Waals surface area contributed by atoms with E-state index in [2.05, 4.69) is 0 Å². The van der Waals surface area contributed by atoms with Crippen LogP contribution in [-0.4, -0.2) is 24.6 Å². The van der Waals surface area contributed by atoms with E-state index in [1.165, 1.54) is 13.3 Å². The molecular formula is C13H20O4. The third-order valence-corrected chi connectivity index (χ3v) is 3.03. The van der Waals surface area contributed by atoms with Gasteiger partial charge < -0.3 is 9.47 Å². The van der Waals surface area contributed by atoms with Crippen LogP contribution in [0.15, 0.2) is 5.76 Å². The molecule has 0 N–H and O–H groups in total. The molecule has 4 heteroatoms. The van der Waals surface area contributed by atoms with Crippen LogP contribution in [0, 0.1) is 5.92 Å². The molecule has 0 aliphatic heterocycles. The van der Waals surface area contributed by atoms with E-state index in [4.69, 9.17) is 9.47 Å². The molecule has 1 unspecified atom stereocenters. The molecule has 0 amide bonds. The van der Waals surface area contributed by atoms with Crippen molar-refractivity contribution in [3.05, 3.63) is 5.76 Å². The Morgan fingerprint density at radius 3 is 2.47 bits per heavy atom. The summed E-state index contributed by atoms with van der Waals surface area (Å²) in [6.07, 6.45) is 4.82. The minimum absolute atomic E-state index is 0.134. The molecule has 4 nitrogen and oxygen atoms in total. The van der Waals surface area contributed by atoms with Crippen LogP contribution >= 0.6 is 0 Å². The number of carbonyl (C=O) groups is 1. The van der Waals surface area contributed by atoms with Gasteiger partial charge in [-0.25, -0.2) is 4.79 Å². The van der Waals surface area contributed by atoms with Crippen molar-refractivity contribution in [1.29, 1.82) is 0 Å². The lowest BCUT2D eigenvalue weighted by atomic mass is 9.84. The Bertz CT molecular complexity index is 299. The average Bonchev–Trinajstić information content (AvgIpc) is 2.34. The molecule has 1 saturated carbocycles. The molecule has 1 fully saturated rings. The lowest BCUT2D eigenvalue weighted by molar-refractivity contribution is -0.149. The fraction of sp³-hybridized carbons (Fsp3) is 0.769. The highest BCUT2D eigenvalue weighted by atomic mass is 16.6. The Hall–Kier alpha value is -1.28. The van der Waals surface area contributed by atoms with Crippen LogP contribution in [0.25, 0.3) is 0 Å². The lowest BCUT2D eigenvalue weighted by Crippen LogP contribution is -2.31. The maximum absolute atomic E-state index is 11.1. The van der Waals surface area contributed by atoms with Crippen molar-refractivity contribution in [1.82, 2.24) is 0 Å². The number of hydrogen-bond acceptors (Lipinski definition) is 4. The summed E-state index contributed by atoms with van der Waals surface area (Å²) in [4.78, 5) is 22.0. The van der Waals surface area contributed by atoms with Gasteiger partial charge in [0.05, 0.1) is 6.61 Å². The molecule has 0 saturated heterocycles. The molecule has 0 bridgehead atoms. The molecule has 0 radical (unpaired) electrons. The first-order valence-corrected chi connectivity index (χ1v) is 6.24. The van der Waals surface area contributed by atoms with E-state index in [0.29, 0.717) is 6.61 Å². The molecule has 0 aromatic carbocycles. The summed E-state index contributed by atoms with van der Waals surface area (Å²) in [7, 11) is 0. The molecule has 0 aromatic heterocycles. The van der Waals surface area contributed by atoms with Crippen molar-refractivity contribution in [2.75, 3.05) is 6.61 Å². The van der Waals surface area contributed by atoms with E-state index in [9.17, 15) is 9.59 Å². The molecule has 0 spiro atoms. The largest absolute Gasteiger partial charge is 0.484 e. The number of ether oxygens (including phenoxy) is 2. The summed E-state index contributed by atoms with van der Waals surface area (Å²) < 4.78 is 10.5. The monoisotopic (exact) mass is 240 g/mol. The predicted molar refractivity (Wildman–Crippen MR) is 63.0 cm³/mol. The van der Waals surface area contributed by atoms with Gasteiger partial charge in [0.15, 0.2) is 12.0 Å². The van der Waals surface area contributed by atoms with Crippen molar-refractivity contribution < 1.29 is 19.1 Å². The first-order chi connectivity index (χ1) is 8.19. The van der Waals surface area contributed by atoms with Gasteiger partial charge in [-0.3, -0.25) is 4.79 Å². The second kappa shape index (κ2) is 7.13. The van der Waals surface area contributed by atoms with E-state index < -0.39 is 6.10 Å². The maximum atomic E-state index is 11.1. The van der Waals surface area contributed by atoms with Gasteiger partial charge in [-0.2, -0.15) is 0 Å². The molecule has 1 atom stereocenters. The predicted octanol–water partition coefficient (Wildman–Crippen LogP) is 2.25. The van der Waals surface area contributed by atoms with Crippen molar-refractivity contribution >= 4 is 11.9 Å². The maximum Gasteiger partial charge on any atom is 0.303 e. The Morgan fingerprint density at radius 2 is 2.00 bits per heavy atom. The fourth-order valence-corrected chi connectivity index (χ4v) is 2.30. The van der Waals surface area contributed by atoms with E-state index in [-0.39, 0.29) is 17.6 Å². The smallest absolute Gasteiger partial charge is 0.303 e. The van der Waals surface area contributed by atoms with Crippen LogP contribution in [0.5, 0.6) is 0 Å². The van der Waals surface area contributed by atoms with Gasteiger partial charge in [-0.15, -0.1) is 0 Å². The zero-order chi connectivity index (χ0) is 12.7. The average molecular weight is 240 g/mol. The summed E-state index contributed by atoms with van der Waals surface area (Å²) >= 11 is 0. The summed E-state index contributed by atoms with van der Waals surface area (Å²) in [6, 6.07) is 0. The lowest BCUT2D eigenvalue weighted by Gasteiger charge is -2.29. The molecule has 17 heavy (non-hydrogen) atoms. The summed E-state index contributed by atoms with van der Waals surface area (Å²) in [5, 5.41) is 0. The van der Waals surface area contributed by atoms with Crippen molar-refractivity contribution in [3.63, 3.8) is 0 Å². The molecule has 1 rings (SSSR count). The number of hydrogen-bond donors (Lipinski definition) is 0. The highest BCUT2D eigenvalue weighted by Crippen LogP contribution is 2.31.